The van der Waals surface area contributed by atoms with Crippen LogP contribution in [0.15, 0.2) is 46.9 Å². The van der Waals surface area contributed by atoms with Gasteiger partial charge in [-0.3, -0.25) is 5.84 Å². The predicted octanol–water partition coefficient (Wildman–Crippen LogP) is 3.28. The molecule has 0 aliphatic heterocycles. The van der Waals surface area contributed by atoms with E-state index in [9.17, 15) is 8.78 Å². The molecule has 18 heavy (non-hydrogen) atoms. The first-order valence-corrected chi connectivity index (χ1v) is 6.09. The van der Waals surface area contributed by atoms with Gasteiger partial charge in [0.05, 0.1) is 10.5 Å². The molecule has 1 unspecified atom stereocenters. The van der Waals surface area contributed by atoms with Crippen molar-refractivity contribution in [1.82, 2.24) is 5.43 Å². The Labute approximate surface area is 112 Å². The Kier molecular flexibility index (Phi) is 4.06. The normalized spacial score (nSPS) is 12.4. The molecule has 0 saturated carbocycles. The Morgan fingerprint density at radius 3 is 2.22 bits per heavy atom. The van der Waals surface area contributed by atoms with E-state index in [1.807, 2.05) is 0 Å². The van der Waals surface area contributed by atoms with Crippen molar-refractivity contribution in [3.8, 4) is 0 Å². The number of rotatable bonds is 3. The Bertz CT molecular complexity index is 560. The van der Waals surface area contributed by atoms with Crippen LogP contribution in [-0.2, 0) is 0 Å². The van der Waals surface area contributed by atoms with Crippen LogP contribution in [0.2, 0.25) is 0 Å². The molecule has 2 rings (SSSR count). The van der Waals surface area contributed by atoms with Gasteiger partial charge in [0, 0.05) is 5.56 Å². The monoisotopic (exact) mass is 312 g/mol. The van der Waals surface area contributed by atoms with Crippen LogP contribution in [-0.4, -0.2) is 0 Å². The first-order chi connectivity index (χ1) is 8.65. The Hall–Kier alpha value is -1.30. The number of hydrogen-bond donors (Lipinski definition) is 2. The summed E-state index contributed by atoms with van der Waals surface area (Å²) in [6, 6.07) is 10.2. The first kappa shape index (κ1) is 13.1. The van der Waals surface area contributed by atoms with E-state index in [0.29, 0.717) is 11.1 Å². The van der Waals surface area contributed by atoms with Crippen molar-refractivity contribution in [2.24, 2.45) is 5.84 Å². The van der Waals surface area contributed by atoms with Crippen LogP contribution in [0.4, 0.5) is 8.78 Å². The van der Waals surface area contributed by atoms with Crippen LogP contribution in [0.1, 0.15) is 17.2 Å². The fraction of sp³-hybridized carbons (Fsp3) is 0.0769. The lowest BCUT2D eigenvalue weighted by Gasteiger charge is -2.19. The summed E-state index contributed by atoms with van der Waals surface area (Å²) >= 11 is 3.15. The predicted molar refractivity (Wildman–Crippen MR) is 69.7 cm³/mol. The second-order valence-electron chi connectivity index (χ2n) is 3.76. The van der Waals surface area contributed by atoms with Gasteiger partial charge in [0.2, 0.25) is 0 Å². The molecule has 0 heterocycles. The Morgan fingerprint density at radius 1 is 0.944 bits per heavy atom. The molecule has 0 fully saturated rings. The minimum atomic E-state index is -0.615. The summed E-state index contributed by atoms with van der Waals surface area (Å²) in [6.45, 7) is 0. The van der Waals surface area contributed by atoms with E-state index in [0.717, 1.165) is 0 Å². The molecule has 0 radical (unpaired) electrons. The first-order valence-electron chi connectivity index (χ1n) is 5.29. The molecule has 0 spiro atoms. The minimum absolute atomic E-state index is 0.274. The van der Waals surface area contributed by atoms with Crippen LogP contribution >= 0.6 is 15.9 Å². The number of halogens is 3. The molecule has 0 aromatic heterocycles. The van der Waals surface area contributed by atoms with Gasteiger partial charge in [0.15, 0.2) is 0 Å². The standard InChI is InChI=1S/C13H11BrF2N2/c14-12-9(5-3-7-11(12)16)13(18-17)8-4-1-2-6-10(8)15/h1-7,13,18H,17H2. The summed E-state index contributed by atoms with van der Waals surface area (Å²) in [7, 11) is 0. The van der Waals surface area contributed by atoms with Crippen LogP contribution in [0.25, 0.3) is 0 Å². The largest absolute Gasteiger partial charge is 0.271 e. The van der Waals surface area contributed by atoms with Gasteiger partial charge < -0.3 is 0 Å². The van der Waals surface area contributed by atoms with Crippen molar-refractivity contribution in [2.75, 3.05) is 0 Å². The van der Waals surface area contributed by atoms with Crippen molar-refractivity contribution in [3.05, 3.63) is 69.7 Å². The average Bonchev–Trinajstić information content (AvgIpc) is 2.37. The second-order valence-corrected chi connectivity index (χ2v) is 4.56. The highest BCUT2D eigenvalue weighted by Crippen LogP contribution is 2.30. The van der Waals surface area contributed by atoms with Gasteiger partial charge in [-0.25, -0.2) is 14.2 Å². The highest BCUT2D eigenvalue weighted by molar-refractivity contribution is 9.10. The number of benzene rings is 2. The summed E-state index contributed by atoms with van der Waals surface area (Å²) < 4.78 is 27.5. The molecule has 1 atom stereocenters. The maximum atomic E-state index is 13.7. The van der Waals surface area contributed by atoms with Gasteiger partial charge in [-0.15, -0.1) is 0 Å². The number of nitrogens with two attached hydrogens (primary N) is 1. The second kappa shape index (κ2) is 5.56. The lowest BCUT2D eigenvalue weighted by molar-refractivity contribution is 0.553. The zero-order valence-corrected chi connectivity index (χ0v) is 10.9. The third-order valence-electron chi connectivity index (χ3n) is 2.68. The van der Waals surface area contributed by atoms with Crippen LogP contribution < -0.4 is 11.3 Å². The zero-order chi connectivity index (χ0) is 13.1. The van der Waals surface area contributed by atoms with Gasteiger partial charge in [-0.2, -0.15) is 0 Å². The van der Waals surface area contributed by atoms with Gasteiger partial charge in [0.25, 0.3) is 0 Å². The van der Waals surface area contributed by atoms with Crippen molar-refractivity contribution in [2.45, 2.75) is 6.04 Å². The summed E-state index contributed by atoms with van der Waals surface area (Å²) in [5.74, 6) is 4.66. The number of hydrazine groups is 1. The topological polar surface area (TPSA) is 38.0 Å². The van der Waals surface area contributed by atoms with E-state index in [-0.39, 0.29) is 4.47 Å². The average molecular weight is 313 g/mol. The Balaban J connectivity index is 2.53. The summed E-state index contributed by atoms with van der Waals surface area (Å²) in [6.07, 6.45) is 0. The molecule has 0 bridgehead atoms. The molecule has 5 heteroatoms. The molecule has 0 aliphatic carbocycles. The molecular formula is C13H11BrF2N2. The fourth-order valence-electron chi connectivity index (χ4n) is 1.80. The molecular weight excluding hydrogens is 302 g/mol. The number of nitrogens with one attached hydrogen (secondary N) is 1. The van der Waals surface area contributed by atoms with Gasteiger partial charge in [-0.05, 0) is 33.6 Å². The zero-order valence-electron chi connectivity index (χ0n) is 9.33. The molecule has 0 aliphatic rings. The van der Waals surface area contributed by atoms with Crippen LogP contribution in [0.5, 0.6) is 0 Å². The number of hydrogen-bond acceptors (Lipinski definition) is 2. The third kappa shape index (κ3) is 2.43. The van der Waals surface area contributed by atoms with Crippen molar-refractivity contribution in [3.63, 3.8) is 0 Å². The van der Waals surface area contributed by atoms with Crippen molar-refractivity contribution in [1.29, 1.82) is 0 Å². The molecule has 2 nitrogen and oxygen atoms in total. The Morgan fingerprint density at radius 2 is 1.56 bits per heavy atom. The summed E-state index contributed by atoms with van der Waals surface area (Å²) in [5.41, 5.74) is 3.42. The molecule has 94 valence electrons. The van der Waals surface area contributed by atoms with E-state index in [1.165, 1.54) is 12.1 Å². The third-order valence-corrected chi connectivity index (χ3v) is 3.51. The summed E-state index contributed by atoms with van der Waals surface area (Å²) in [5, 5.41) is 0. The summed E-state index contributed by atoms with van der Waals surface area (Å²) in [4.78, 5) is 0. The smallest absolute Gasteiger partial charge is 0.137 e. The molecule has 2 aromatic rings. The van der Waals surface area contributed by atoms with Crippen LogP contribution in [0, 0.1) is 11.6 Å². The lowest BCUT2D eigenvalue weighted by atomic mass is 9.99. The SMILES string of the molecule is NNC(c1ccccc1F)c1cccc(F)c1Br. The molecule has 2 aromatic carbocycles. The molecule has 0 saturated heterocycles. The highest BCUT2D eigenvalue weighted by atomic mass is 79.9. The lowest BCUT2D eigenvalue weighted by Crippen LogP contribution is -2.29. The van der Waals surface area contributed by atoms with E-state index in [4.69, 9.17) is 5.84 Å². The molecule has 3 N–H and O–H groups in total. The van der Waals surface area contributed by atoms with Crippen molar-refractivity contribution >= 4 is 15.9 Å². The van der Waals surface area contributed by atoms with Gasteiger partial charge in [0.1, 0.15) is 11.6 Å². The van der Waals surface area contributed by atoms with Gasteiger partial charge >= 0.3 is 0 Å². The van der Waals surface area contributed by atoms with E-state index >= 15 is 0 Å². The van der Waals surface area contributed by atoms with Crippen LogP contribution in [0.3, 0.4) is 0 Å². The van der Waals surface area contributed by atoms with E-state index in [1.54, 1.807) is 30.3 Å². The maximum Gasteiger partial charge on any atom is 0.137 e. The maximum absolute atomic E-state index is 13.7. The molecule has 0 amide bonds. The quantitative estimate of drug-likeness (QED) is 0.674. The highest BCUT2D eigenvalue weighted by Gasteiger charge is 2.19. The van der Waals surface area contributed by atoms with Gasteiger partial charge in [-0.1, -0.05) is 30.3 Å². The fourth-order valence-corrected chi connectivity index (χ4v) is 2.29. The van der Waals surface area contributed by atoms with Crippen molar-refractivity contribution < 1.29 is 8.78 Å². The van der Waals surface area contributed by atoms with E-state index < -0.39 is 17.7 Å². The van der Waals surface area contributed by atoms with E-state index in [2.05, 4.69) is 21.4 Å². The minimum Gasteiger partial charge on any atom is -0.271 e.